The van der Waals surface area contributed by atoms with Gasteiger partial charge in [-0.1, -0.05) is 6.92 Å². The Labute approximate surface area is 86.6 Å². The molecule has 0 N–H and O–H groups in total. The van der Waals surface area contributed by atoms with Crippen molar-refractivity contribution in [2.75, 3.05) is 26.2 Å². The van der Waals surface area contributed by atoms with Crippen LogP contribution in [-0.2, 0) is 4.74 Å². The molecule has 0 spiro atoms. The molecular weight excluding hydrogens is 176 g/mol. The highest BCUT2D eigenvalue weighted by Gasteiger charge is 2.19. The SMILES string of the molecule is CCCOC1CCCN(CCC#N)C1. The highest BCUT2D eigenvalue weighted by Crippen LogP contribution is 2.13. The molecule has 3 nitrogen and oxygen atoms in total. The molecule has 1 aliphatic heterocycles. The molecule has 0 saturated carbocycles. The van der Waals surface area contributed by atoms with E-state index in [0.717, 1.165) is 32.7 Å². The van der Waals surface area contributed by atoms with E-state index in [-0.39, 0.29) is 0 Å². The van der Waals surface area contributed by atoms with E-state index in [1.54, 1.807) is 0 Å². The van der Waals surface area contributed by atoms with E-state index in [0.29, 0.717) is 12.5 Å². The van der Waals surface area contributed by atoms with Crippen molar-refractivity contribution >= 4 is 0 Å². The number of nitriles is 1. The second-order valence-corrected chi connectivity index (χ2v) is 3.84. The molecule has 1 fully saturated rings. The van der Waals surface area contributed by atoms with Gasteiger partial charge < -0.3 is 4.74 Å². The second kappa shape index (κ2) is 6.80. The Morgan fingerprint density at radius 1 is 1.57 bits per heavy atom. The Morgan fingerprint density at radius 3 is 3.14 bits per heavy atom. The lowest BCUT2D eigenvalue weighted by molar-refractivity contribution is 0.000585. The van der Waals surface area contributed by atoms with Gasteiger partial charge in [-0.3, -0.25) is 4.90 Å². The molecule has 1 atom stereocenters. The van der Waals surface area contributed by atoms with E-state index < -0.39 is 0 Å². The van der Waals surface area contributed by atoms with Gasteiger partial charge in [0.1, 0.15) is 0 Å². The van der Waals surface area contributed by atoms with Gasteiger partial charge in [-0.2, -0.15) is 5.26 Å². The zero-order chi connectivity index (χ0) is 10.2. The smallest absolute Gasteiger partial charge is 0.0702 e. The molecule has 0 radical (unpaired) electrons. The summed E-state index contributed by atoms with van der Waals surface area (Å²) >= 11 is 0. The molecule has 0 amide bonds. The molecule has 1 unspecified atom stereocenters. The molecule has 1 saturated heterocycles. The molecule has 0 aromatic rings. The number of hydrogen-bond donors (Lipinski definition) is 0. The number of hydrogen-bond acceptors (Lipinski definition) is 3. The largest absolute Gasteiger partial charge is 0.377 e. The third-order valence-corrected chi connectivity index (χ3v) is 2.56. The lowest BCUT2D eigenvalue weighted by Crippen LogP contribution is -2.40. The van der Waals surface area contributed by atoms with Crippen LogP contribution in [-0.4, -0.2) is 37.2 Å². The Bertz CT molecular complexity index is 188. The summed E-state index contributed by atoms with van der Waals surface area (Å²) in [7, 11) is 0. The van der Waals surface area contributed by atoms with Gasteiger partial charge in [0.25, 0.3) is 0 Å². The van der Waals surface area contributed by atoms with E-state index in [1.165, 1.54) is 12.8 Å². The molecular formula is C11H20N2O. The van der Waals surface area contributed by atoms with Crippen LogP contribution in [0.25, 0.3) is 0 Å². The summed E-state index contributed by atoms with van der Waals surface area (Å²) in [5, 5.41) is 8.50. The van der Waals surface area contributed by atoms with Gasteiger partial charge in [0.05, 0.1) is 12.2 Å². The van der Waals surface area contributed by atoms with Crippen LogP contribution in [0.1, 0.15) is 32.6 Å². The highest BCUT2D eigenvalue weighted by atomic mass is 16.5. The first-order chi connectivity index (χ1) is 6.86. The average Bonchev–Trinajstić information content (AvgIpc) is 2.24. The predicted octanol–water partition coefficient (Wildman–Crippen LogP) is 1.79. The van der Waals surface area contributed by atoms with E-state index in [9.17, 15) is 0 Å². The van der Waals surface area contributed by atoms with Crippen molar-refractivity contribution in [2.45, 2.75) is 38.7 Å². The normalized spacial score (nSPS) is 23.3. The zero-order valence-corrected chi connectivity index (χ0v) is 9.04. The fraction of sp³-hybridized carbons (Fsp3) is 0.909. The van der Waals surface area contributed by atoms with Gasteiger partial charge in [0.2, 0.25) is 0 Å². The minimum absolute atomic E-state index is 0.405. The number of likely N-dealkylation sites (tertiary alicyclic amines) is 1. The van der Waals surface area contributed by atoms with Crippen molar-refractivity contribution < 1.29 is 4.74 Å². The number of nitrogens with zero attached hydrogens (tertiary/aromatic N) is 2. The van der Waals surface area contributed by atoms with Gasteiger partial charge in [0, 0.05) is 26.1 Å². The van der Waals surface area contributed by atoms with Crippen molar-refractivity contribution in [3.8, 4) is 6.07 Å². The van der Waals surface area contributed by atoms with E-state index in [1.807, 2.05) is 0 Å². The zero-order valence-electron chi connectivity index (χ0n) is 9.04. The molecule has 0 aliphatic carbocycles. The standard InChI is InChI=1S/C11H20N2O/c1-2-9-14-11-5-3-7-13(10-11)8-4-6-12/h11H,2-5,7-10H2,1H3. The summed E-state index contributed by atoms with van der Waals surface area (Å²) < 4.78 is 5.72. The molecule has 0 aromatic carbocycles. The third kappa shape index (κ3) is 4.08. The molecule has 1 rings (SSSR count). The van der Waals surface area contributed by atoms with Crippen LogP contribution in [0.2, 0.25) is 0 Å². The van der Waals surface area contributed by atoms with Crippen LogP contribution < -0.4 is 0 Å². The van der Waals surface area contributed by atoms with E-state index >= 15 is 0 Å². The minimum atomic E-state index is 0.405. The van der Waals surface area contributed by atoms with Crippen molar-refractivity contribution in [1.82, 2.24) is 4.90 Å². The maximum atomic E-state index is 8.50. The van der Waals surface area contributed by atoms with Crippen LogP contribution in [0.15, 0.2) is 0 Å². The molecule has 80 valence electrons. The number of rotatable bonds is 5. The van der Waals surface area contributed by atoms with Gasteiger partial charge >= 0.3 is 0 Å². The Morgan fingerprint density at radius 2 is 2.43 bits per heavy atom. The molecule has 1 aliphatic rings. The summed E-state index contributed by atoms with van der Waals surface area (Å²) in [6.45, 7) is 6.06. The highest BCUT2D eigenvalue weighted by molar-refractivity contribution is 4.77. The van der Waals surface area contributed by atoms with Crippen LogP contribution in [0.5, 0.6) is 0 Å². The van der Waals surface area contributed by atoms with Crippen molar-refractivity contribution in [2.24, 2.45) is 0 Å². The molecule has 0 bridgehead atoms. The van der Waals surface area contributed by atoms with E-state index in [2.05, 4.69) is 17.9 Å². The van der Waals surface area contributed by atoms with Gasteiger partial charge in [-0.05, 0) is 25.8 Å². The molecule has 0 aromatic heterocycles. The molecule has 1 heterocycles. The Hall–Kier alpha value is -0.590. The summed E-state index contributed by atoms with van der Waals surface area (Å²) in [6, 6.07) is 2.19. The van der Waals surface area contributed by atoms with Gasteiger partial charge in [-0.25, -0.2) is 0 Å². The summed E-state index contributed by atoms with van der Waals surface area (Å²) in [5.74, 6) is 0. The number of piperidine rings is 1. The lowest BCUT2D eigenvalue weighted by Gasteiger charge is -2.31. The lowest BCUT2D eigenvalue weighted by atomic mass is 10.1. The number of ether oxygens (including phenoxy) is 1. The average molecular weight is 196 g/mol. The summed E-state index contributed by atoms with van der Waals surface area (Å²) in [5.41, 5.74) is 0. The van der Waals surface area contributed by atoms with Gasteiger partial charge in [0.15, 0.2) is 0 Å². The molecule has 3 heteroatoms. The first kappa shape index (κ1) is 11.5. The first-order valence-corrected chi connectivity index (χ1v) is 5.57. The van der Waals surface area contributed by atoms with Gasteiger partial charge in [-0.15, -0.1) is 0 Å². The minimum Gasteiger partial charge on any atom is -0.377 e. The Kier molecular flexibility index (Phi) is 5.58. The summed E-state index contributed by atoms with van der Waals surface area (Å²) in [4.78, 5) is 2.34. The monoisotopic (exact) mass is 196 g/mol. The van der Waals surface area contributed by atoms with Crippen LogP contribution >= 0.6 is 0 Å². The van der Waals surface area contributed by atoms with Crippen LogP contribution in [0.4, 0.5) is 0 Å². The topological polar surface area (TPSA) is 36.3 Å². The van der Waals surface area contributed by atoms with E-state index in [4.69, 9.17) is 10.00 Å². The second-order valence-electron chi connectivity index (χ2n) is 3.84. The fourth-order valence-corrected chi connectivity index (χ4v) is 1.84. The van der Waals surface area contributed by atoms with Crippen molar-refractivity contribution in [1.29, 1.82) is 5.26 Å². The fourth-order valence-electron chi connectivity index (χ4n) is 1.84. The Balaban J connectivity index is 2.18. The quantitative estimate of drug-likeness (QED) is 0.672. The van der Waals surface area contributed by atoms with Crippen molar-refractivity contribution in [3.63, 3.8) is 0 Å². The maximum absolute atomic E-state index is 8.50. The first-order valence-electron chi connectivity index (χ1n) is 5.57. The maximum Gasteiger partial charge on any atom is 0.0702 e. The van der Waals surface area contributed by atoms with Crippen LogP contribution in [0, 0.1) is 11.3 Å². The van der Waals surface area contributed by atoms with Crippen LogP contribution in [0.3, 0.4) is 0 Å². The molecule has 14 heavy (non-hydrogen) atoms. The summed E-state index contributed by atoms with van der Waals surface area (Å²) in [6.07, 6.45) is 4.53. The van der Waals surface area contributed by atoms with Crippen molar-refractivity contribution in [3.05, 3.63) is 0 Å². The third-order valence-electron chi connectivity index (χ3n) is 2.56. The predicted molar refractivity (Wildman–Crippen MR) is 55.9 cm³/mol.